The highest BCUT2D eigenvalue weighted by molar-refractivity contribution is 5.80. The molecule has 0 rings (SSSR count). The first kappa shape index (κ1) is 9.43. The molecule has 58 valence electrons. The fraction of sp³-hybridized carbons (Fsp3) is 0. The predicted molar refractivity (Wildman–Crippen MR) is 45.3 cm³/mol. The maximum Gasteiger partial charge on any atom is 0.328 e. The molecule has 2 heteroatoms. The summed E-state index contributed by atoms with van der Waals surface area (Å²) in [4.78, 5) is 9.93. The minimum atomic E-state index is -0.942. The van der Waals surface area contributed by atoms with Crippen LogP contribution in [0.5, 0.6) is 0 Å². The van der Waals surface area contributed by atoms with E-state index >= 15 is 0 Å². The quantitative estimate of drug-likeness (QED) is 0.491. The summed E-state index contributed by atoms with van der Waals surface area (Å²) in [5, 5.41) is 8.16. The Labute approximate surface area is 65.9 Å². The van der Waals surface area contributed by atoms with Crippen molar-refractivity contribution >= 4 is 5.97 Å². The van der Waals surface area contributed by atoms with E-state index in [1.165, 1.54) is 6.08 Å². The van der Waals surface area contributed by atoms with Crippen molar-refractivity contribution in [2.45, 2.75) is 0 Å². The van der Waals surface area contributed by atoms with E-state index in [1.54, 1.807) is 30.4 Å². The highest BCUT2D eigenvalue weighted by atomic mass is 16.4. The van der Waals surface area contributed by atoms with Crippen molar-refractivity contribution in [3.8, 4) is 0 Å². The van der Waals surface area contributed by atoms with Crippen LogP contribution < -0.4 is 0 Å². The van der Waals surface area contributed by atoms with E-state index in [1.807, 2.05) is 0 Å². The monoisotopic (exact) mass is 150 g/mol. The topological polar surface area (TPSA) is 37.3 Å². The Balaban J connectivity index is 3.68. The van der Waals surface area contributed by atoms with Crippen LogP contribution >= 0.6 is 0 Å². The Hall–Kier alpha value is -1.57. The molecule has 0 atom stereocenters. The fourth-order valence-electron chi connectivity index (χ4n) is 0.409. The van der Waals surface area contributed by atoms with Gasteiger partial charge in [-0.25, -0.2) is 4.79 Å². The molecule has 2 nitrogen and oxygen atoms in total. The number of carboxylic acid groups (broad SMARTS) is 1. The van der Waals surface area contributed by atoms with Crippen LogP contribution in [0.15, 0.2) is 49.1 Å². The molecule has 0 aliphatic rings. The molecular weight excluding hydrogens is 140 g/mol. The lowest BCUT2D eigenvalue weighted by molar-refractivity contribution is -0.131. The molecule has 0 fully saturated rings. The van der Waals surface area contributed by atoms with Crippen LogP contribution in [0.4, 0.5) is 0 Å². The number of hydrogen-bond donors (Lipinski definition) is 1. The third kappa shape index (κ3) is 8.43. The molecule has 0 spiro atoms. The van der Waals surface area contributed by atoms with E-state index in [9.17, 15) is 4.79 Å². The molecule has 0 aliphatic carbocycles. The van der Waals surface area contributed by atoms with Gasteiger partial charge in [0.15, 0.2) is 0 Å². The van der Waals surface area contributed by atoms with Gasteiger partial charge < -0.3 is 5.11 Å². The first-order valence-electron chi connectivity index (χ1n) is 3.12. The van der Waals surface area contributed by atoms with Crippen LogP contribution in [0.1, 0.15) is 0 Å². The molecule has 0 aliphatic heterocycles. The summed E-state index contributed by atoms with van der Waals surface area (Å²) in [5.41, 5.74) is 0. The van der Waals surface area contributed by atoms with Crippen LogP contribution in [0.25, 0.3) is 0 Å². The molecule has 0 saturated carbocycles. The maximum absolute atomic E-state index is 9.93. The summed E-state index contributed by atoms with van der Waals surface area (Å²) in [6, 6.07) is 0. The molecule has 0 unspecified atom stereocenters. The molecule has 0 amide bonds. The minimum Gasteiger partial charge on any atom is -0.478 e. The Morgan fingerprint density at radius 1 is 1.09 bits per heavy atom. The Morgan fingerprint density at radius 3 is 2.18 bits per heavy atom. The van der Waals surface area contributed by atoms with Gasteiger partial charge in [-0.2, -0.15) is 0 Å². The van der Waals surface area contributed by atoms with E-state index in [2.05, 4.69) is 6.58 Å². The van der Waals surface area contributed by atoms with Crippen LogP contribution in [0.3, 0.4) is 0 Å². The summed E-state index contributed by atoms with van der Waals surface area (Å²) in [5.74, 6) is -0.942. The Morgan fingerprint density at radius 2 is 1.64 bits per heavy atom. The summed E-state index contributed by atoms with van der Waals surface area (Å²) in [6.45, 7) is 3.47. The summed E-state index contributed by atoms with van der Waals surface area (Å²) in [6.07, 6.45) is 11.0. The van der Waals surface area contributed by atoms with Crippen molar-refractivity contribution in [1.82, 2.24) is 0 Å². The van der Waals surface area contributed by atoms with Crippen LogP contribution in [-0.4, -0.2) is 11.1 Å². The minimum absolute atomic E-state index is 0.942. The normalized spacial score (nSPS) is 11.6. The molecule has 0 aromatic heterocycles. The number of hydrogen-bond acceptors (Lipinski definition) is 1. The lowest BCUT2D eigenvalue weighted by Crippen LogP contribution is -1.84. The van der Waals surface area contributed by atoms with Crippen molar-refractivity contribution in [3.05, 3.63) is 49.1 Å². The molecular formula is C9H10O2. The molecule has 1 N–H and O–H groups in total. The van der Waals surface area contributed by atoms with Gasteiger partial charge >= 0.3 is 5.97 Å². The Kier molecular flexibility index (Phi) is 5.61. The number of allylic oxidation sites excluding steroid dienone is 6. The zero-order valence-corrected chi connectivity index (χ0v) is 6.10. The average molecular weight is 150 g/mol. The molecule has 0 aromatic carbocycles. The zero-order valence-electron chi connectivity index (χ0n) is 6.10. The smallest absolute Gasteiger partial charge is 0.328 e. The first-order chi connectivity index (χ1) is 5.27. The standard InChI is InChI=1S/C9H10O2/c1-2-3-4-5-6-7-8-9(10)11/h2-8H,1H2,(H,10,11). The predicted octanol–water partition coefficient (Wildman–Crippen LogP) is 1.93. The molecule has 11 heavy (non-hydrogen) atoms. The second-order valence-electron chi connectivity index (χ2n) is 1.70. The van der Waals surface area contributed by atoms with Gasteiger partial charge in [0, 0.05) is 6.08 Å². The second-order valence-corrected chi connectivity index (χ2v) is 1.70. The van der Waals surface area contributed by atoms with Gasteiger partial charge in [-0.15, -0.1) is 0 Å². The molecule has 0 heterocycles. The third-order valence-corrected chi connectivity index (χ3v) is 0.819. The van der Waals surface area contributed by atoms with Crippen LogP contribution in [-0.2, 0) is 4.79 Å². The fourth-order valence-corrected chi connectivity index (χ4v) is 0.409. The van der Waals surface area contributed by atoms with Crippen molar-refractivity contribution in [1.29, 1.82) is 0 Å². The molecule has 0 aromatic rings. The van der Waals surface area contributed by atoms with Crippen LogP contribution in [0, 0.1) is 0 Å². The van der Waals surface area contributed by atoms with Gasteiger partial charge in [-0.1, -0.05) is 43.0 Å². The van der Waals surface area contributed by atoms with Gasteiger partial charge in [0.1, 0.15) is 0 Å². The van der Waals surface area contributed by atoms with E-state index in [4.69, 9.17) is 5.11 Å². The molecule has 0 radical (unpaired) electrons. The SMILES string of the molecule is C=CC=CC=CC=CC(=O)O. The lowest BCUT2D eigenvalue weighted by atomic mass is 10.4. The van der Waals surface area contributed by atoms with Crippen LogP contribution in [0.2, 0.25) is 0 Å². The summed E-state index contributed by atoms with van der Waals surface area (Å²) < 4.78 is 0. The van der Waals surface area contributed by atoms with Crippen molar-refractivity contribution < 1.29 is 9.90 Å². The molecule has 0 saturated heterocycles. The van der Waals surface area contributed by atoms with Gasteiger partial charge in [0.2, 0.25) is 0 Å². The van der Waals surface area contributed by atoms with E-state index in [-0.39, 0.29) is 0 Å². The van der Waals surface area contributed by atoms with E-state index in [0.29, 0.717) is 0 Å². The number of rotatable bonds is 4. The number of carbonyl (C=O) groups is 1. The molecule has 0 bridgehead atoms. The first-order valence-corrected chi connectivity index (χ1v) is 3.12. The zero-order chi connectivity index (χ0) is 8.53. The van der Waals surface area contributed by atoms with Crippen molar-refractivity contribution in [2.24, 2.45) is 0 Å². The third-order valence-electron chi connectivity index (χ3n) is 0.819. The van der Waals surface area contributed by atoms with Gasteiger partial charge in [0.05, 0.1) is 0 Å². The lowest BCUT2D eigenvalue weighted by Gasteiger charge is -1.74. The number of aliphatic carboxylic acids is 1. The highest BCUT2D eigenvalue weighted by Gasteiger charge is 1.78. The average Bonchev–Trinajstić information content (AvgIpc) is 1.96. The van der Waals surface area contributed by atoms with Gasteiger partial charge in [-0.05, 0) is 0 Å². The van der Waals surface area contributed by atoms with E-state index in [0.717, 1.165) is 6.08 Å². The van der Waals surface area contributed by atoms with Crippen molar-refractivity contribution in [3.63, 3.8) is 0 Å². The van der Waals surface area contributed by atoms with E-state index < -0.39 is 5.97 Å². The second kappa shape index (κ2) is 6.55. The highest BCUT2D eigenvalue weighted by Crippen LogP contribution is 1.80. The number of carboxylic acids is 1. The summed E-state index contributed by atoms with van der Waals surface area (Å²) in [7, 11) is 0. The van der Waals surface area contributed by atoms with Gasteiger partial charge in [0.25, 0.3) is 0 Å². The summed E-state index contributed by atoms with van der Waals surface area (Å²) >= 11 is 0. The maximum atomic E-state index is 9.93. The van der Waals surface area contributed by atoms with Gasteiger partial charge in [-0.3, -0.25) is 0 Å². The Bertz CT molecular complexity index is 210. The largest absolute Gasteiger partial charge is 0.478 e. The van der Waals surface area contributed by atoms with Crippen molar-refractivity contribution in [2.75, 3.05) is 0 Å².